The third kappa shape index (κ3) is 3.10. The smallest absolute Gasteiger partial charge is 0.265 e. The van der Waals surface area contributed by atoms with Gasteiger partial charge in [0.25, 0.3) is 5.56 Å². The number of halogens is 2. The summed E-state index contributed by atoms with van der Waals surface area (Å²) >= 11 is 0. The number of benzene rings is 2. The van der Waals surface area contributed by atoms with Crippen LogP contribution >= 0.6 is 0 Å². The minimum Gasteiger partial charge on any atom is -0.265 e. The van der Waals surface area contributed by atoms with E-state index in [4.69, 9.17) is 0 Å². The van der Waals surface area contributed by atoms with Crippen molar-refractivity contribution in [1.29, 1.82) is 0 Å². The van der Waals surface area contributed by atoms with E-state index in [1.807, 2.05) is 0 Å². The second kappa shape index (κ2) is 6.52. The second-order valence-corrected chi connectivity index (χ2v) is 5.73. The van der Waals surface area contributed by atoms with E-state index in [1.165, 1.54) is 23.7 Å². The molecule has 0 aliphatic heterocycles. The molecule has 0 aliphatic rings. The van der Waals surface area contributed by atoms with Gasteiger partial charge in [-0.15, -0.1) is 0 Å². The molecule has 0 spiro atoms. The Balaban J connectivity index is 1.81. The van der Waals surface area contributed by atoms with E-state index in [0.717, 1.165) is 12.1 Å². The van der Waals surface area contributed by atoms with Gasteiger partial charge in [-0.2, -0.15) is 19.7 Å². The highest BCUT2D eigenvalue weighted by Gasteiger charge is 2.11. The molecule has 4 aromatic rings. The molecule has 0 saturated heterocycles. The number of nitrogens with zero attached hydrogens (tertiary/aromatic N) is 5. The third-order valence-corrected chi connectivity index (χ3v) is 3.87. The first-order valence-electron chi connectivity index (χ1n) is 7.93. The zero-order chi connectivity index (χ0) is 19.0. The normalized spacial score (nSPS) is 11.5. The van der Waals surface area contributed by atoms with E-state index >= 15 is 0 Å². The summed E-state index contributed by atoms with van der Waals surface area (Å²) in [6, 6.07) is 10.3. The summed E-state index contributed by atoms with van der Waals surface area (Å²) in [4.78, 5) is 20.4. The maximum Gasteiger partial charge on any atom is 0.294 e. The number of nitrogens with one attached hydrogen (secondary N) is 1. The lowest BCUT2D eigenvalue weighted by Gasteiger charge is -2.09. The van der Waals surface area contributed by atoms with Crippen molar-refractivity contribution in [2.45, 2.75) is 6.92 Å². The van der Waals surface area contributed by atoms with Crippen LogP contribution in [0.25, 0.3) is 16.6 Å². The Morgan fingerprint density at radius 3 is 2.78 bits per heavy atom. The highest BCUT2D eigenvalue weighted by atomic mass is 19.1. The maximum absolute atomic E-state index is 13.7. The molecule has 7 nitrogen and oxygen atoms in total. The van der Waals surface area contributed by atoms with E-state index in [2.05, 4.69) is 25.6 Å². The largest absolute Gasteiger partial charge is 0.294 e. The number of hydrogen-bond acceptors (Lipinski definition) is 6. The number of para-hydroxylation sites is 1. The third-order valence-electron chi connectivity index (χ3n) is 3.87. The molecule has 4 rings (SSSR count). The molecule has 0 saturated carbocycles. The molecule has 9 heteroatoms. The molecule has 0 aliphatic carbocycles. The van der Waals surface area contributed by atoms with Crippen LogP contribution in [0.3, 0.4) is 0 Å². The van der Waals surface area contributed by atoms with Crippen LogP contribution in [0.2, 0.25) is 0 Å². The number of anilines is 1. The van der Waals surface area contributed by atoms with Gasteiger partial charge in [-0.1, -0.05) is 12.1 Å². The molecule has 2 aromatic carbocycles. The quantitative estimate of drug-likeness (QED) is 0.342. The first-order valence-corrected chi connectivity index (χ1v) is 7.93. The number of hydrogen-bond donors (Lipinski definition) is 1. The molecule has 2 aromatic heterocycles. The minimum atomic E-state index is -0.740. The van der Waals surface area contributed by atoms with Crippen molar-refractivity contribution >= 4 is 28.7 Å². The highest BCUT2D eigenvalue weighted by Crippen LogP contribution is 2.19. The summed E-state index contributed by atoms with van der Waals surface area (Å²) in [6.07, 6.45) is 1.19. The Kier molecular flexibility index (Phi) is 4.03. The maximum atomic E-state index is 13.7. The van der Waals surface area contributed by atoms with Crippen LogP contribution in [0.5, 0.6) is 0 Å². The van der Waals surface area contributed by atoms with Crippen molar-refractivity contribution < 1.29 is 8.78 Å². The van der Waals surface area contributed by atoms with Crippen molar-refractivity contribution in [2.24, 2.45) is 5.10 Å². The Morgan fingerprint density at radius 2 is 1.96 bits per heavy atom. The highest BCUT2D eigenvalue weighted by molar-refractivity contribution is 5.92. The SMILES string of the molecule is Cc1nn2c(NN=Cc3ccc(F)cc3F)nc3ccccc3c2nc1=O. The van der Waals surface area contributed by atoms with Crippen LogP contribution in [0.15, 0.2) is 52.4 Å². The van der Waals surface area contributed by atoms with Crippen molar-refractivity contribution in [3.63, 3.8) is 0 Å². The molecule has 0 unspecified atom stereocenters. The van der Waals surface area contributed by atoms with Crippen LogP contribution in [0.4, 0.5) is 14.7 Å². The van der Waals surface area contributed by atoms with Crippen molar-refractivity contribution in [3.8, 4) is 0 Å². The van der Waals surface area contributed by atoms with Crippen LogP contribution in [0, 0.1) is 18.6 Å². The van der Waals surface area contributed by atoms with Gasteiger partial charge in [0.2, 0.25) is 5.95 Å². The van der Waals surface area contributed by atoms with Crippen LogP contribution in [-0.4, -0.2) is 25.8 Å². The first-order chi connectivity index (χ1) is 13.0. The van der Waals surface area contributed by atoms with Gasteiger partial charge >= 0.3 is 0 Å². The van der Waals surface area contributed by atoms with Crippen LogP contribution in [0.1, 0.15) is 11.3 Å². The Hall–Kier alpha value is -3.75. The van der Waals surface area contributed by atoms with E-state index in [1.54, 1.807) is 24.3 Å². The molecule has 0 atom stereocenters. The fraction of sp³-hybridized carbons (Fsp3) is 0.0556. The summed E-state index contributed by atoms with van der Waals surface area (Å²) in [6.45, 7) is 1.54. The molecule has 0 bridgehead atoms. The molecular weight excluding hydrogens is 354 g/mol. The summed E-state index contributed by atoms with van der Waals surface area (Å²) in [5.74, 6) is -1.22. The summed E-state index contributed by atoms with van der Waals surface area (Å²) in [5.41, 5.74) is 3.44. The van der Waals surface area contributed by atoms with Crippen molar-refractivity contribution in [1.82, 2.24) is 19.6 Å². The standard InChI is InChI=1S/C18H12F2N6O/c1-10-17(27)23-16-13-4-2-3-5-15(13)22-18(26(16)25-10)24-21-9-11-6-7-12(19)8-14(11)20/h2-9H,1H3,(H,22,24). The predicted octanol–water partition coefficient (Wildman–Crippen LogP) is 2.67. The van der Waals surface area contributed by atoms with Gasteiger partial charge in [-0.25, -0.2) is 19.2 Å². The topological polar surface area (TPSA) is 84.5 Å². The molecule has 134 valence electrons. The fourth-order valence-corrected chi connectivity index (χ4v) is 2.55. The Bertz CT molecular complexity index is 1270. The van der Waals surface area contributed by atoms with Gasteiger partial charge in [-0.3, -0.25) is 4.79 Å². The average Bonchev–Trinajstić information content (AvgIpc) is 2.65. The van der Waals surface area contributed by atoms with Gasteiger partial charge in [0, 0.05) is 17.0 Å². The van der Waals surface area contributed by atoms with Crippen LogP contribution < -0.4 is 11.0 Å². The van der Waals surface area contributed by atoms with Gasteiger partial charge in [-0.05, 0) is 31.2 Å². The van der Waals surface area contributed by atoms with Gasteiger partial charge in [0.1, 0.15) is 17.3 Å². The average molecular weight is 366 g/mol. The van der Waals surface area contributed by atoms with Gasteiger partial charge < -0.3 is 0 Å². The zero-order valence-electron chi connectivity index (χ0n) is 14.0. The fourth-order valence-electron chi connectivity index (χ4n) is 2.55. The van der Waals surface area contributed by atoms with Gasteiger partial charge in [0.05, 0.1) is 11.7 Å². The summed E-state index contributed by atoms with van der Waals surface area (Å²) in [5, 5.41) is 8.80. The lowest BCUT2D eigenvalue weighted by molar-refractivity contribution is 0.582. The molecule has 0 amide bonds. The van der Waals surface area contributed by atoms with E-state index in [9.17, 15) is 13.6 Å². The number of aromatic nitrogens is 4. The summed E-state index contributed by atoms with van der Waals surface area (Å²) in [7, 11) is 0. The van der Waals surface area contributed by atoms with E-state index in [-0.39, 0.29) is 17.2 Å². The number of aryl methyl sites for hydroxylation is 1. The molecular formula is C18H12F2N6O. The molecule has 27 heavy (non-hydrogen) atoms. The lowest BCUT2D eigenvalue weighted by Crippen LogP contribution is -2.18. The minimum absolute atomic E-state index is 0.100. The number of hydrazone groups is 1. The molecule has 1 N–H and O–H groups in total. The molecule has 2 heterocycles. The Morgan fingerprint density at radius 1 is 1.15 bits per heavy atom. The second-order valence-electron chi connectivity index (χ2n) is 5.73. The molecule has 0 radical (unpaired) electrons. The van der Waals surface area contributed by atoms with Gasteiger partial charge in [0.15, 0.2) is 5.65 Å². The number of fused-ring (bicyclic) bond motifs is 3. The van der Waals surface area contributed by atoms with E-state index < -0.39 is 17.2 Å². The molecule has 0 fully saturated rings. The first kappa shape index (κ1) is 16.7. The zero-order valence-corrected chi connectivity index (χ0v) is 14.0. The summed E-state index contributed by atoms with van der Waals surface area (Å²) < 4.78 is 28.0. The Labute approximate surface area is 151 Å². The van der Waals surface area contributed by atoms with Crippen LogP contribution in [-0.2, 0) is 0 Å². The van der Waals surface area contributed by atoms with Crippen molar-refractivity contribution in [3.05, 3.63) is 75.7 Å². The predicted molar refractivity (Wildman–Crippen MR) is 96.9 cm³/mol. The lowest BCUT2D eigenvalue weighted by atomic mass is 10.2. The monoisotopic (exact) mass is 366 g/mol. The number of rotatable bonds is 3. The van der Waals surface area contributed by atoms with Crippen molar-refractivity contribution in [2.75, 3.05) is 5.43 Å². The van der Waals surface area contributed by atoms with E-state index in [0.29, 0.717) is 16.6 Å².